The minimum Gasteiger partial charge on any atom is -0.352 e. The van der Waals surface area contributed by atoms with E-state index >= 15 is 0 Å². The average molecular weight is 340 g/mol. The molecule has 1 unspecified atom stereocenters. The quantitative estimate of drug-likeness (QED) is 0.503. The van der Waals surface area contributed by atoms with Crippen LogP contribution in [0.25, 0.3) is 0 Å². The molecule has 126 valence electrons. The Morgan fingerprint density at radius 3 is 2.48 bits per heavy atom. The van der Waals surface area contributed by atoms with E-state index in [9.17, 15) is 14.4 Å². The van der Waals surface area contributed by atoms with Crippen molar-refractivity contribution in [3.05, 3.63) is 35.4 Å². The highest BCUT2D eigenvalue weighted by Gasteiger charge is 2.30. The normalized spacial score (nSPS) is 16.7. The molecule has 0 aliphatic carbocycles. The lowest BCUT2D eigenvalue weighted by atomic mass is 9.97. The molecular weight excluding hydrogens is 318 g/mol. The van der Waals surface area contributed by atoms with E-state index in [1.807, 2.05) is 19.2 Å². The Labute approximate surface area is 141 Å². The van der Waals surface area contributed by atoms with Crippen molar-refractivity contribution in [2.45, 2.75) is 19.3 Å². The molecule has 0 bridgehead atoms. The fourth-order valence-electron chi connectivity index (χ4n) is 2.42. The molecular formula is C16H22ClN3O3. The van der Waals surface area contributed by atoms with Gasteiger partial charge < -0.3 is 10.6 Å². The Hall–Kier alpha value is -1.92. The summed E-state index contributed by atoms with van der Waals surface area (Å²) in [6, 6.07) is 7.16. The van der Waals surface area contributed by atoms with Crippen molar-refractivity contribution in [3.8, 4) is 0 Å². The summed E-state index contributed by atoms with van der Waals surface area (Å²) >= 11 is 0. The van der Waals surface area contributed by atoms with E-state index < -0.39 is 0 Å². The summed E-state index contributed by atoms with van der Waals surface area (Å²) in [5.74, 6) is -0.825. The summed E-state index contributed by atoms with van der Waals surface area (Å²) < 4.78 is 0. The van der Waals surface area contributed by atoms with Gasteiger partial charge in [0.1, 0.15) is 0 Å². The number of imide groups is 1. The number of rotatable bonds is 7. The zero-order valence-corrected chi connectivity index (χ0v) is 13.9. The number of carbonyl (C=O) groups is 3. The van der Waals surface area contributed by atoms with Crippen LogP contribution in [0, 0.1) is 5.92 Å². The molecule has 1 atom stereocenters. The van der Waals surface area contributed by atoms with Crippen LogP contribution in [0.1, 0.15) is 28.8 Å². The maximum absolute atomic E-state index is 11.9. The highest BCUT2D eigenvalue weighted by atomic mass is 35.5. The predicted molar refractivity (Wildman–Crippen MR) is 89.5 cm³/mol. The maximum atomic E-state index is 11.9. The Morgan fingerprint density at radius 1 is 1.22 bits per heavy atom. The number of amides is 3. The van der Waals surface area contributed by atoms with Gasteiger partial charge in [0.05, 0.1) is 5.92 Å². The van der Waals surface area contributed by atoms with Crippen molar-refractivity contribution < 1.29 is 14.4 Å². The van der Waals surface area contributed by atoms with Crippen molar-refractivity contribution in [1.29, 1.82) is 0 Å². The van der Waals surface area contributed by atoms with E-state index in [1.54, 1.807) is 12.1 Å². The largest absolute Gasteiger partial charge is 0.352 e. The van der Waals surface area contributed by atoms with Crippen LogP contribution in [0.5, 0.6) is 0 Å². The van der Waals surface area contributed by atoms with E-state index in [2.05, 4.69) is 16.0 Å². The van der Waals surface area contributed by atoms with E-state index in [1.165, 1.54) is 0 Å². The molecule has 3 N–H and O–H groups in total. The lowest BCUT2D eigenvalue weighted by Gasteiger charge is -2.08. The van der Waals surface area contributed by atoms with Gasteiger partial charge in [-0.05, 0) is 44.1 Å². The molecule has 1 aliphatic rings. The molecule has 1 heterocycles. The highest BCUT2D eigenvalue weighted by molar-refractivity contribution is 6.03. The number of halogens is 1. The molecule has 0 aromatic heterocycles. The number of hydrogen-bond acceptors (Lipinski definition) is 4. The second-order valence-corrected chi connectivity index (χ2v) is 5.43. The van der Waals surface area contributed by atoms with E-state index in [0.29, 0.717) is 18.5 Å². The number of carbonyl (C=O) groups excluding carboxylic acids is 3. The number of nitrogens with one attached hydrogen (secondary N) is 3. The second kappa shape index (κ2) is 9.27. The summed E-state index contributed by atoms with van der Waals surface area (Å²) in [4.78, 5) is 34.6. The number of hydrogen-bond donors (Lipinski definition) is 3. The van der Waals surface area contributed by atoms with Crippen molar-refractivity contribution in [3.63, 3.8) is 0 Å². The molecule has 1 aromatic rings. The fourth-order valence-corrected chi connectivity index (χ4v) is 2.42. The first-order valence-corrected chi connectivity index (χ1v) is 7.45. The second-order valence-electron chi connectivity index (χ2n) is 5.43. The van der Waals surface area contributed by atoms with Crippen molar-refractivity contribution >= 4 is 30.1 Å². The summed E-state index contributed by atoms with van der Waals surface area (Å²) in [5, 5.41) is 8.18. The van der Waals surface area contributed by atoms with Gasteiger partial charge in [-0.25, -0.2) is 0 Å². The van der Waals surface area contributed by atoms with Crippen LogP contribution in [0.4, 0.5) is 0 Å². The fraction of sp³-hybridized carbons (Fsp3) is 0.438. The molecule has 3 amide bonds. The van der Waals surface area contributed by atoms with Gasteiger partial charge in [0.25, 0.3) is 5.91 Å². The summed E-state index contributed by atoms with van der Waals surface area (Å²) in [5.41, 5.74) is 1.54. The van der Waals surface area contributed by atoms with Gasteiger partial charge in [0.2, 0.25) is 11.8 Å². The zero-order valence-electron chi connectivity index (χ0n) is 13.1. The third kappa shape index (κ3) is 5.65. The SMILES string of the molecule is CNCCCNC(=O)c1ccc(CC2CC(=O)NC2=O)cc1.Cl. The molecule has 1 fully saturated rings. The molecule has 1 saturated heterocycles. The van der Waals surface area contributed by atoms with Gasteiger partial charge in [-0.15, -0.1) is 12.4 Å². The molecule has 23 heavy (non-hydrogen) atoms. The predicted octanol–water partition coefficient (Wildman–Crippen LogP) is 0.653. The topological polar surface area (TPSA) is 87.3 Å². The molecule has 1 aromatic carbocycles. The molecule has 7 heteroatoms. The molecule has 0 saturated carbocycles. The first-order chi connectivity index (χ1) is 10.6. The van der Waals surface area contributed by atoms with Gasteiger partial charge in [-0.2, -0.15) is 0 Å². The van der Waals surface area contributed by atoms with E-state index in [4.69, 9.17) is 0 Å². The van der Waals surface area contributed by atoms with Crippen LogP contribution in [0.2, 0.25) is 0 Å². The van der Waals surface area contributed by atoms with Crippen LogP contribution < -0.4 is 16.0 Å². The van der Waals surface area contributed by atoms with Gasteiger partial charge in [-0.1, -0.05) is 12.1 Å². The Balaban J connectivity index is 0.00000264. The van der Waals surface area contributed by atoms with E-state index in [0.717, 1.165) is 18.5 Å². The van der Waals surface area contributed by atoms with Gasteiger partial charge >= 0.3 is 0 Å². The smallest absolute Gasteiger partial charge is 0.251 e. The third-order valence-corrected chi connectivity index (χ3v) is 3.65. The minimum atomic E-state index is -0.297. The Morgan fingerprint density at radius 2 is 1.91 bits per heavy atom. The molecule has 1 aliphatic heterocycles. The van der Waals surface area contributed by atoms with Crippen LogP contribution in [-0.2, 0) is 16.0 Å². The first kappa shape index (κ1) is 19.1. The first-order valence-electron chi connectivity index (χ1n) is 7.45. The summed E-state index contributed by atoms with van der Waals surface area (Å²) in [6.07, 6.45) is 1.64. The van der Waals surface area contributed by atoms with Crippen molar-refractivity contribution in [2.24, 2.45) is 5.92 Å². The van der Waals surface area contributed by atoms with Crippen LogP contribution in [-0.4, -0.2) is 37.9 Å². The number of benzene rings is 1. The Kier molecular flexibility index (Phi) is 7.71. The lowest BCUT2D eigenvalue weighted by molar-refractivity contribution is -0.125. The monoisotopic (exact) mass is 339 g/mol. The van der Waals surface area contributed by atoms with Gasteiger partial charge in [0.15, 0.2) is 0 Å². The van der Waals surface area contributed by atoms with Crippen molar-refractivity contribution in [2.75, 3.05) is 20.1 Å². The lowest BCUT2D eigenvalue weighted by Crippen LogP contribution is -2.26. The van der Waals surface area contributed by atoms with Crippen molar-refractivity contribution in [1.82, 2.24) is 16.0 Å². The molecule has 2 rings (SSSR count). The van der Waals surface area contributed by atoms with Gasteiger partial charge in [-0.3, -0.25) is 19.7 Å². The third-order valence-electron chi connectivity index (χ3n) is 3.65. The van der Waals surface area contributed by atoms with Crippen LogP contribution in [0.3, 0.4) is 0 Å². The zero-order chi connectivity index (χ0) is 15.9. The molecule has 6 nitrogen and oxygen atoms in total. The Bertz CT molecular complexity index is 560. The standard InChI is InChI=1S/C16H21N3O3.ClH/c1-17-7-2-8-18-15(21)12-5-3-11(4-6-12)9-13-10-14(20)19-16(13)22;/h3-6,13,17H,2,7-10H2,1H3,(H,18,21)(H,19,20,22);1H. The molecule has 0 radical (unpaired) electrons. The summed E-state index contributed by atoms with van der Waals surface area (Å²) in [6.45, 7) is 1.49. The highest BCUT2D eigenvalue weighted by Crippen LogP contribution is 2.17. The summed E-state index contributed by atoms with van der Waals surface area (Å²) in [7, 11) is 1.87. The average Bonchev–Trinajstić information content (AvgIpc) is 2.82. The maximum Gasteiger partial charge on any atom is 0.251 e. The van der Waals surface area contributed by atoms with Crippen LogP contribution in [0.15, 0.2) is 24.3 Å². The van der Waals surface area contributed by atoms with Crippen LogP contribution >= 0.6 is 12.4 Å². The molecule has 0 spiro atoms. The minimum absolute atomic E-state index is 0. The van der Waals surface area contributed by atoms with Gasteiger partial charge in [0, 0.05) is 18.5 Å². The van der Waals surface area contributed by atoms with E-state index in [-0.39, 0.29) is 42.5 Å².